The lowest BCUT2D eigenvalue weighted by atomic mass is 9.98. The number of aromatic nitrogens is 1. The van der Waals surface area contributed by atoms with Crippen molar-refractivity contribution >= 4 is 6.09 Å². The van der Waals surface area contributed by atoms with Crippen LogP contribution >= 0.6 is 0 Å². The van der Waals surface area contributed by atoms with E-state index in [2.05, 4.69) is 23.3 Å². The fourth-order valence-corrected chi connectivity index (χ4v) is 2.79. The Hall–Kier alpha value is -1.49. The number of nitrogens with one attached hydrogen (secondary N) is 2. The molecule has 1 saturated heterocycles. The van der Waals surface area contributed by atoms with Gasteiger partial charge in [-0.3, -0.25) is 0 Å². The van der Waals surface area contributed by atoms with Crippen LogP contribution in [0.4, 0.5) is 4.79 Å². The number of hydrogen-bond donors (Lipinski definition) is 2. The summed E-state index contributed by atoms with van der Waals surface area (Å²) in [4.78, 5) is 17.2. The molecule has 0 aromatic carbocycles. The lowest BCUT2D eigenvalue weighted by molar-refractivity contribution is 0.0165. The predicted octanol–water partition coefficient (Wildman–Crippen LogP) is 3.31. The van der Waals surface area contributed by atoms with Gasteiger partial charge in [-0.05, 0) is 58.6 Å². The van der Waals surface area contributed by atoms with E-state index in [-0.39, 0.29) is 6.09 Å². The second kappa shape index (κ2) is 7.18. The number of rotatable bonds is 4. The van der Waals surface area contributed by atoms with Gasteiger partial charge in [0.05, 0.1) is 0 Å². The van der Waals surface area contributed by atoms with E-state index >= 15 is 0 Å². The van der Waals surface area contributed by atoms with Gasteiger partial charge in [0.2, 0.25) is 0 Å². The Bertz CT molecular complexity index is 465. The third-order valence-corrected chi connectivity index (χ3v) is 3.97. The number of amides is 1. The zero-order chi connectivity index (χ0) is 16.2. The van der Waals surface area contributed by atoms with Gasteiger partial charge in [0.1, 0.15) is 5.60 Å². The third-order valence-electron chi connectivity index (χ3n) is 3.97. The second-order valence-electron chi connectivity index (χ2n) is 7.19. The molecule has 2 atom stereocenters. The number of H-pyrrole nitrogens is 1. The molecule has 1 fully saturated rings. The van der Waals surface area contributed by atoms with E-state index in [1.807, 2.05) is 37.9 Å². The molecule has 5 nitrogen and oxygen atoms in total. The average Bonchev–Trinajstić information content (AvgIpc) is 2.97. The molecule has 22 heavy (non-hydrogen) atoms. The van der Waals surface area contributed by atoms with Gasteiger partial charge in [-0.15, -0.1) is 0 Å². The molecular formula is C17H29N3O2. The number of ether oxygens (including phenoxy) is 1. The first kappa shape index (κ1) is 16.9. The van der Waals surface area contributed by atoms with Crippen LogP contribution in [0.1, 0.15) is 52.3 Å². The Morgan fingerprint density at radius 3 is 2.95 bits per heavy atom. The van der Waals surface area contributed by atoms with Crippen molar-refractivity contribution in [2.24, 2.45) is 5.92 Å². The summed E-state index contributed by atoms with van der Waals surface area (Å²) in [5.74, 6) is 0.485. The van der Waals surface area contributed by atoms with Crippen LogP contribution in [-0.2, 0) is 4.74 Å². The SMILES string of the molecule is C[C@@H](NC[C@@H]1CCCN(C(=O)OC(C)(C)C)C1)c1ccc[nH]1. The molecule has 2 N–H and O–H groups in total. The van der Waals surface area contributed by atoms with Gasteiger partial charge in [-0.25, -0.2) is 4.79 Å². The minimum atomic E-state index is -0.426. The summed E-state index contributed by atoms with van der Waals surface area (Å²) in [7, 11) is 0. The molecule has 1 aromatic heterocycles. The molecule has 0 unspecified atom stereocenters. The van der Waals surface area contributed by atoms with Gasteiger partial charge in [0.25, 0.3) is 0 Å². The minimum Gasteiger partial charge on any atom is -0.444 e. The normalized spacial score (nSPS) is 20.7. The predicted molar refractivity (Wildman–Crippen MR) is 87.7 cm³/mol. The van der Waals surface area contributed by atoms with Crippen LogP contribution in [0.5, 0.6) is 0 Å². The summed E-state index contributed by atoms with van der Waals surface area (Å²) in [6, 6.07) is 4.40. The van der Waals surface area contributed by atoms with Gasteiger partial charge in [-0.2, -0.15) is 0 Å². The molecule has 0 radical (unpaired) electrons. The number of piperidine rings is 1. The van der Waals surface area contributed by atoms with E-state index in [0.29, 0.717) is 12.0 Å². The van der Waals surface area contributed by atoms with Crippen LogP contribution in [0.2, 0.25) is 0 Å². The van der Waals surface area contributed by atoms with Crippen molar-refractivity contribution in [1.29, 1.82) is 0 Å². The Morgan fingerprint density at radius 1 is 1.55 bits per heavy atom. The average molecular weight is 307 g/mol. The third kappa shape index (κ3) is 5.05. The number of aromatic amines is 1. The van der Waals surface area contributed by atoms with Gasteiger partial charge in [0.15, 0.2) is 0 Å². The number of hydrogen-bond acceptors (Lipinski definition) is 3. The number of nitrogens with zero attached hydrogens (tertiary/aromatic N) is 1. The van der Waals surface area contributed by atoms with E-state index in [1.165, 1.54) is 5.69 Å². The molecule has 1 aliphatic rings. The Labute approximate surface area is 133 Å². The maximum atomic E-state index is 12.2. The molecule has 0 saturated carbocycles. The monoisotopic (exact) mass is 307 g/mol. The van der Waals surface area contributed by atoms with Crippen LogP contribution in [0.3, 0.4) is 0 Å². The molecule has 0 aliphatic carbocycles. The lowest BCUT2D eigenvalue weighted by Gasteiger charge is -2.34. The van der Waals surface area contributed by atoms with Crippen molar-refractivity contribution in [1.82, 2.24) is 15.2 Å². The van der Waals surface area contributed by atoms with Gasteiger partial charge >= 0.3 is 6.09 Å². The van der Waals surface area contributed by atoms with Crippen molar-refractivity contribution in [3.05, 3.63) is 24.0 Å². The topological polar surface area (TPSA) is 57.4 Å². The molecular weight excluding hydrogens is 278 g/mol. The quantitative estimate of drug-likeness (QED) is 0.897. The summed E-state index contributed by atoms with van der Waals surface area (Å²) in [5.41, 5.74) is 0.768. The largest absolute Gasteiger partial charge is 0.444 e. The van der Waals surface area contributed by atoms with E-state index in [0.717, 1.165) is 32.5 Å². The number of likely N-dealkylation sites (tertiary alicyclic amines) is 1. The highest BCUT2D eigenvalue weighted by Crippen LogP contribution is 2.20. The zero-order valence-electron chi connectivity index (χ0n) is 14.2. The van der Waals surface area contributed by atoms with Crippen LogP contribution in [-0.4, -0.2) is 41.2 Å². The Morgan fingerprint density at radius 2 is 2.32 bits per heavy atom. The second-order valence-corrected chi connectivity index (χ2v) is 7.19. The molecule has 124 valence electrons. The van der Waals surface area contributed by atoms with E-state index in [4.69, 9.17) is 4.74 Å². The highest BCUT2D eigenvalue weighted by atomic mass is 16.6. The zero-order valence-corrected chi connectivity index (χ0v) is 14.2. The maximum absolute atomic E-state index is 12.2. The van der Waals surface area contributed by atoms with Crippen molar-refractivity contribution in [2.45, 2.75) is 52.2 Å². The fraction of sp³-hybridized carbons (Fsp3) is 0.706. The van der Waals surface area contributed by atoms with E-state index in [9.17, 15) is 4.79 Å². The van der Waals surface area contributed by atoms with Crippen molar-refractivity contribution in [3.8, 4) is 0 Å². The summed E-state index contributed by atoms with van der Waals surface area (Å²) in [5, 5.41) is 3.55. The van der Waals surface area contributed by atoms with Gasteiger partial charge in [-0.1, -0.05) is 0 Å². The number of carbonyl (C=O) groups excluding carboxylic acids is 1. The van der Waals surface area contributed by atoms with Crippen LogP contribution in [0.25, 0.3) is 0 Å². The first-order valence-corrected chi connectivity index (χ1v) is 8.20. The molecule has 1 amide bonds. The van der Waals surface area contributed by atoms with E-state index < -0.39 is 5.60 Å². The lowest BCUT2D eigenvalue weighted by Crippen LogP contribution is -2.45. The molecule has 2 rings (SSSR count). The highest BCUT2D eigenvalue weighted by Gasteiger charge is 2.27. The summed E-state index contributed by atoms with van der Waals surface area (Å²) < 4.78 is 5.47. The first-order valence-electron chi connectivity index (χ1n) is 8.20. The Kier molecular flexibility index (Phi) is 5.51. The van der Waals surface area contributed by atoms with Crippen LogP contribution < -0.4 is 5.32 Å². The molecule has 5 heteroatoms. The van der Waals surface area contributed by atoms with Crippen molar-refractivity contribution < 1.29 is 9.53 Å². The Balaban J connectivity index is 1.79. The fourth-order valence-electron chi connectivity index (χ4n) is 2.79. The highest BCUT2D eigenvalue weighted by molar-refractivity contribution is 5.68. The maximum Gasteiger partial charge on any atom is 0.410 e. The van der Waals surface area contributed by atoms with E-state index in [1.54, 1.807) is 0 Å². The van der Waals surface area contributed by atoms with Gasteiger partial charge < -0.3 is 19.9 Å². The molecule has 0 bridgehead atoms. The molecule has 1 aliphatic heterocycles. The standard InChI is InChI=1S/C17H29N3O2/c1-13(15-8-5-9-18-15)19-11-14-7-6-10-20(12-14)16(21)22-17(2,3)4/h5,8-9,13-14,18-19H,6-7,10-12H2,1-4H3/t13-,14+/m1/s1. The van der Waals surface area contributed by atoms with Crippen LogP contribution in [0, 0.1) is 5.92 Å². The molecule has 1 aromatic rings. The molecule has 2 heterocycles. The molecule has 0 spiro atoms. The summed E-state index contributed by atoms with van der Waals surface area (Å²) >= 11 is 0. The summed E-state index contributed by atoms with van der Waals surface area (Å²) in [6.07, 6.45) is 3.96. The van der Waals surface area contributed by atoms with Gasteiger partial charge in [0, 0.05) is 37.6 Å². The smallest absolute Gasteiger partial charge is 0.410 e. The van der Waals surface area contributed by atoms with Crippen molar-refractivity contribution in [2.75, 3.05) is 19.6 Å². The summed E-state index contributed by atoms with van der Waals surface area (Å²) in [6.45, 7) is 10.4. The van der Waals surface area contributed by atoms with Crippen LogP contribution in [0.15, 0.2) is 18.3 Å². The van der Waals surface area contributed by atoms with Crippen molar-refractivity contribution in [3.63, 3.8) is 0 Å². The number of carbonyl (C=O) groups is 1. The minimum absolute atomic E-state index is 0.186. The first-order chi connectivity index (χ1) is 10.3.